The Balaban J connectivity index is 2.73. The van der Waals surface area contributed by atoms with E-state index in [9.17, 15) is 5.11 Å². The Bertz CT molecular complexity index is 406. The molecule has 1 aromatic heterocycles. The molecule has 0 aliphatic heterocycles. The third-order valence-corrected chi connectivity index (χ3v) is 2.52. The molecule has 2 aromatic rings. The molecule has 1 heterocycles. The van der Waals surface area contributed by atoms with Crippen LogP contribution < -0.4 is 0 Å². The fourth-order valence-electron chi connectivity index (χ4n) is 1.14. The van der Waals surface area contributed by atoms with Gasteiger partial charge < -0.3 is 9.52 Å². The summed E-state index contributed by atoms with van der Waals surface area (Å²) in [5.41, 5.74) is 0.727. The minimum absolute atomic E-state index is 0.282. The van der Waals surface area contributed by atoms with E-state index < -0.39 is 0 Å². The van der Waals surface area contributed by atoms with Crippen molar-refractivity contribution >= 4 is 22.7 Å². The Kier molecular flexibility index (Phi) is 1.73. The highest BCUT2D eigenvalue weighted by Crippen LogP contribution is 2.31. The maximum absolute atomic E-state index is 9.45. The lowest BCUT2D eigenvalue weighted by Crippen LogP contribution is -1.72. The topological polar surface area (TPSA) is 33.4 Å². The van der Waals surface area contributed by atoms with Crippen LogP contribution in [0.4, 0.5) is 0 Å². The summed E-state index contributed by atoms with van der Waals surface area (Å²) in [6, 6.07) is 5.44. The van der Waals surface area contributed by atoms with Crippen molar-refractivity contribution in [3.8, 4) is 5.75 Å². The molecule has 2 nitrogen and oxygen atoms in total. The zero-order chi connectivity index (χ0) is 8.55. The molecule has 12 heavy (non-hydrogen) atoms. The van der Waals surface area contributed by atoms with Crippen LogP contribution in [0.1, 0.15) is 0 Å². The molecule has 0 spiro atoms. The first-order valence-corrected chi connectivity index (χ1v) is 4.78. The van der Waals surface area contributed by atoms with E-state index in [1.54, 1.807) is 12.3 Å². The Morgan fingerprint density at radius 2 is 2.25 bits per heavy atom. The van der Waals surface area contributed by atoms with E-state index in [1.165, 1.54) is 11.8 Å². The molecule has 0 radical (unpaired) electrons. The first-order chi connectivity index (χ1) is 5.81. The number of furan rings is 1. The van der Waals surface area contributed by atoms with Crippen molar-refractivity contribution in [2.45, 2.75) is 4.90 Å². The van der Waals surface area contributed by atoms with Gasteiger partial charge in [0.1, 0.15) is 11.3 Å². The maximum atomic E-state index is 9.45. The van der Waals surface area contributed by atoms with Crippen LogP contribution in [0.15, 0.2) is 33.8 Å². The second-order valence-corrected chi connectivity index (χ2v) is 3.33. The van der Waals surface area contributed by atoms with Crippen LogP contribution in [0.2, 0.25) is 0 Å². The summed E-state index contributed by atoms with van der Waals surface area (Å²) in [5, 5.41) is 10.5. The van der Waals surface area contributed by atoms with Crippen molar-refractivity contribution in [2.24, 2.45) is 0 Å². The average molecular weight is 180 g/mol. The first kappa shape index (κ1) is 7.55. The third kappa shape index (κ3) is 1.06. The van der Waals surface area contributed by atoms with Gasteiger partial charge in [-0.3, -0.25) is 0 Å². The molecule has 1 N–H and O–H groups in total. The van der Waals surface area contributed by atoms with Crippen molar-refractivity contribution in [3.05, 3.63) is 24.5 Å². The van der Waals surface area contributed by atoms with Crippen LogP contribution in [-0.4, -0.2) is 11.4 Å². The molecule has 0 aliphatic carbocycles. The monoisotopic (exact) mass is 180 g/mol. The molecule has 1 aromatic carbocycles. The molecule has 0 aliphatic rings. The van der Waals surface area contributed by atoms with Gasteiger partial charge in [-0.15, -0.1) is 11.8 Å². The van der Waals surface area contributed by atoms with Gasteiger partial charge in [0.25, 0.3) is 0 Å². The van der Waals surface area contributed by atoms with Gasteiger partial charge in [-0.1, -0.05) is 0 Å². The molecule has 3 heteroatoms. The van der Waals surface area contributed by atoms with Gasteiger partial charge in [0.05, 0.1) is 6.26 Å². The number of rotatable bonds is 1. The SMILES string of the molecule is CSc1cc2ccoc2cc1O. The summed E-state index contributed by atoms with van der Waals surface area (Å²) in [4.78, 5) is 0.879. The number of benzene rings is 1. The largest absolute Gasteiger partial charge is 0.507 e. The van der Waals surface area contributed by atoms with Gasteiger partial charge >= 0.3 is 0 Å². The van der Waals surface area contributed by atoms with Crippen molar-refractivity contribution in [1.82, 2.24) is 0 Å². The van der Waals surface area contributed by atoms with E-state index in [0.29, 0.717) is 0 Å². The summed E-state index contributed by atoms with van der Waals surface area (Å²) in [6.07, 6.45) is 3.55. The van der Waals surface area contributed by atoms with Crippen molar-refractivity contribution < 1.29 is 9.52 Å². The molecule has 62 valence electrons. The smallest absolute Gasteiger partial charge is 0.137 e. The summed E-state index contributed by atoms with van der Waals surface area (Å²) < 4.78 is 5.13. The lowest BCUT2D eigenvalue weighted by molar-refractivity contribution is 0.462. The Labute approximate surface area is 74.2 Å². The summed E-state index contributed by atoms with van der Waals surface area (Å²) in [7, 11) is 0. The molecule has 2 rings (SSSR count). The number of phenolic OH excluding ortho intramolecular Hbond substituents is 1. The fourth-order valence-corrected chi connectivity index (χ4v) is 1.65. The number of fused-ring (bicyclic) bond motifs is 1. The molecular weight excluding hydrogens is 172 g/mol. The second-order valence-electron chi connectivity index (χ2n) is 2.48. The Hall–Kier alpha value is -1.09. The molecule has 0 amide bonds. The van der Waals surface area contributed by atoms with Gasteiger partial charge in [0.15, 0.2) is 0 Å². The number of aromatic hydroxyl groups is 1. The highest BCUT2D eigenvalue weighted by atomic mass is 32.2. The van der Waals surface area contributed by atoms with E-state index in [-0.39, 0.29) is 5.75 Å². The number of hydrogen-bond acceptors (Lipinski definition) is 3. The highest BCUT2D eigenvalue weighted by Gasteiger charge is 2.03. The van der Waals surface area contributed by atoms with Gasteiger partial charge in [0, 0.05) is 16.3 Å². The predicted molar refractivity (Wildman–Crippen MR) is 49.7 cm³/mol. The minimum atomic E-state index is 0.282. The Morgan fingerprint density at radius 3 is 3.00 bits per heavy atom. The van der Waals surface area contributed by atoms with E-state index in [0.717, 1.165) is 15.9 Å². The predicted octanol–water partition coefficient (Wildman–Crippen LogP) is 2.86. The molecule has 0 unspecified atom stereocenters. The normalized spacial score (nSPS) is 10.8. The second kappa shape index (κ2) is 2.75. The van der Waals surface area contributed by atoms with Crippen LogP contribution >= 0.6 is 11.8 Å². The number of thioether (sulfide) groups is 1. The maximum Gasteiger partial charge on any atom is 0.137 e. The minimum Gasteiger partial charge on any atom is -0.507 e. The standard InChI is InChI=1S/C9H8O2S/c1-12-9-4-6-2-3-11-8(6)5-7(9)10/h2-5,10H,1H3. The molecule has 0 fully saturated rings. The molecule has 0 bridgehead atoms. The Morgan fingerprint density at radius 1 is 1.42 bits per heavy atom. The highest BCUT2D eigenvalue weighted by molar-refractivity contribution is 7.98. The van der Waals surface area contributed by atoms with Gasteiger partial charge in [-0.2, -0.15) is 0 Å². The molecule has 0 saturated carbocycles. The summed E-state index contributed by atoms with van der Waals surface area (Å²) >= 11 is 1.52. The molecule has 0 atom stereocenters. The van der Waals surface area contributed by atoms with Crippen LogP contribution in [0.3, 0.4) is 0 Å². The third-order valence-electron chi connectivity index (χ3n) is 1.75. The van der Waals surface area contributed by atoms with E-state index in [4.69, 9.17) is 4.42 Å². The van der Waals surface area contributed by atoms with Gasteiger partial charge in [-0.25, -0.2) is 0 Å². The van der Waals surface area contributed by atoms with Crippen LogP contribution in [0.25, 0.3) is 11.0 Å². The van der Waals surface area contributed by atoms with Crippen molar-refractivity contribution in [1.29, 1.82) is 0 Å². The lowest BCUT2D eigenvalue weighted by Gasteiger charge is -1.99. The molecular formula is C9H8O2S. The van der Waals surface area contributed by atoms with Crippen LogP contribution in [0, 0.1) is 0 Å². The molecule has 0 saturated heterocycles. The summed E-state index contributed by atoms with van der Waals surface area (Å²) in [6.45, 7) is 0. The fraction of sp³-hybridized carbons (Fsp3) is 0.111. The van der Waals surface area contributed by atoms with Gasteiger partial charge in [-0.05, 0) is 18.4 Å². The van der Waals surface area contributed by atoms with Crippen molar-refractivity contribution in [3.63, 3.8) is 0 Å². The zero-order valence-corrected chi connectivity index (χ0v) is 7.39. The number of phenols is 1. The summed E-state index contributed by atoms with van der Waals surface area (Å²) in [5.74, 6) is 0.282. The van der Waals surface area contributed by atoms with E-state index >= 15 is 0 Å². The first-order valence-electron chi connectivity index (χ1n) is 3.55. The van der Waals surface area contributed by atoms with Crippen LogP contribution in [-0.2, 0) is 0 Å². The zero-order valence-electron chi connectivity index (χ0n) is 6.57. The lowest BCUT2D eigenvalue weighted by atomic mass is 10.2. The van der Waals surface area contributed by atoms with Crippen molar-refractivity contribution in [2.75, 3.05) is 6.26 Å². The average Bonchev–Trinajstić information content (AvgIpc) is 2.49. The van der Waals surface area contributed by atoms with Crippen LogP contribution in [0.5, 0.6) is 5.75 Å². The van der Waals surface area contributed by atoms with E-state index in [2.05, 4.69) is 0 Å². The van der Waals surface area contributed by atoms with E-state index in [1.807, 2.05) is 18.4 Å². The quantitative estimate of drug-likeness (QED) is 0.685. The van der Waals surface area contributed by atoms with Gasteiger partial charge in [0.2, 0.25) is 0 Å². The number of hydrogen-bond donors (Lipinski definition) is 1.